The number of quaternary nitrogens is 1. The smallest absolute Gasteiger partial charge is 0.191 e. The summed E-state index contributed by atoms with van der Waals surface area (Å²) < 4.78 is 0.911. The number of benzene rings is 2. The van der Waals surface area contributed by atoms with E-state index in [9.17, 15) is 4.79 Å². The van der Waals surface area contributed by atoms with Gasteiger partial charge in [0.15, 0.2) is 5.78 Å². The molecular formula is C24H31ClNOY+. The summed E-state index contributed by atoms with van der Waals surface area (Å²) >= 11 is 6.16. The van der Waals surface area contributed by atoms with E-state index in [1.807, 2.05) is 12.1 Å². The van der Waals surface area contributed by atoms with Gasteiger partial charge in [-0.25, -0.2) is 0 Å². The van der Waals surface area contributed by atoms with Crippen molar-refractivity contribution >= 4 is 17.4 Å². The van der Waals surface area contributed by atoms with Crippen LogP contribution in [0.5, 0.6) is 0 Å². The molecule has 0 N–H and O–H groups in total. The van der Waals surface area contributed by atoms with Crippen molar-refractivity contribution < 1.29 is 42.0 Å². The van der Waals surface area contributed by atoms with E-state index in [0.717, 1.165) is 45.8 Å². The molecule has 0 spiro atoms. The second-order valence-corrected chi connectivity index (χ2v) is 8.67. The third-order valence-electron chi connectivity index (χ3n) is 5.92. The second-order valence-electron chi connectivity index (χ2n) is 8.24. The monoisotopic (exact) mass is 473 g/mol. The Labute approximate surface area is 200 Å². The van der Waals surface area contributed by atoms with Gasteiger partial charge in [0.1, 0.15) is 13.1 Å². The first-order chi connectivity index (χ1) is 13.0. The Morgan fingerprint density at radius 2 is 1.54 bits per heavy atom. The van der Waals surface area contributed by atoms with Gasteiger partial charge in [0.2, 0.25) is 0 Å². The summed E-state index contributed by atoms with van der Waals surface area (Å²) in [5.41, 5.74) is 4.74. The van der Waals surface area contributed by atoms with Crippen LogP contribution in [0.1, 0.15) is 47.9 Å². The maximum Gasteiger partial charge on any atom is 0.191 e. The maximum atomic E-state index is 13.1. The minimum atomic E-state index is 0. The molecule has 0 atom stereocenters. The third kappa shape index (κ3) is 6.49. The molecule has 0 bridgehead atoms. The number of carbonyl (C=O) groups is 1. The van der Waals surface area contributed by atoms with E-state index in [1.54, 1.807) is 0 Å². The molecule has 1 saturated heterocycles. The quantitative estimate of drug-likeness (QED) is 0.495. The van der Waals surface area contributed by atoms with Crippen LogP contribution < -0.4 is 0 Å². The number of hydrogen-bond acceptors (Lipinski definition) is 1. The zero-order valence-corrected chi connectivity index (χ0v) is 20.8. The molecule has 1 aliphatic heterocycles. The predicted octanol–water partition coefficient (Wildman–Crippen LogP) is 5.66. The zero-order chi connectivity index (χ0) is 19.3. The van der Waals surface area contributed by atoms with E-state index >= 15 is 0 Å². The molecule has 28 heavy (non-hydrogen) atoms. The van der Waals surface area contributed by atoms with E-state index in [1.165, 1.54) is 31.2 Å². The maximum absolute atomic E-state index is 13.1. The predicted molar refractivity (Wildman–Crippen MR) is 113 cm³/mol. The Morgan fingerprint density at radius 1 is 0.964 bits per heavy atom. The summed E-state index contributed by atoms with van der Waals surface area (Å²) in [4.78, 5) is 13.1. The van der Waals surface area contributed by atoms with Gasteiger partial charge in [-0.05, 0) is 68.4 Å². The fourth-order valence-electron chi connectivity index (χ4n) is 4.55. The van der Waals surface area contributed by atoms with Crippen LogP contribution in [0, 0.1) is 13.8 Å². The number of aryl methyl sites for hydroxylation is 2. The first-order valence-corrected chi connectivity index (χ1v) is 10.5. The van der Waals surface area contributed by atoms with Crippen molar-refractivity contribution in [1.29, 1.82) is 0 Å². The van der Waals surface area contributed by atoms with Crippen LogP contribution in [0.3, 0.4) is 0 Å². The first kappa shape index (κ1) is 23.7. The summed E-state index contributed by atoms with van der Waals surface area (Å²) in [6.45, 7) is 7.93. The van der Waals surface area contributed by atoms with E-state index < -0.39 is 0 Å². The van der Waals surface area contributed by atoms with Crippen LogP contribution in [-0.4, -0.2) is 29.9 Å². The number of rotatable bonds is 6. The van der Waals surface area contributed by atoms with E-state index in [0.29, 0.717) is 18.7 Å². The van der Waals surface area contributed by atoms with Crippen molar-refractivity contribution in [2.24, 2.45) is 0 Å². The minimum Gasteiger partial charge on any atom is -0.314 e. The standard InChI is InChI=1S/C24H31ClNO.Y/c1-19-14-22(25)15-20(2)24(19)16-23(27)18-26(12-8-3-4-9-13-26)17-21-10-6-5-7-11-21;/h5-7,10-11,14-15H,3-4,8-9,12-13,16-18H2,1-2H3;/q+1;. The molecule has 2 aromatic carbocycles. The Balaban J connectivity index is 0.00000280. The van der Waals surface area contributed by atoms with Crippen LogP contribution >= 0.6 is 11.6 Å². The van der Waals surface area contributed by atoms with Crippen molar-refractivity contribution in [3.8, 4) is 0 Å². The van der Waals surface area contributed by atoms with Gasteiger partial charge in [-0.15, -0.1) is 0 Å². The fourth-order valence-corrected chi connectivity index (χ4v) is 4.88. The first-order valence-electron chi connectivity index (χ1n) is 10.1. The number of halogens is 1. The molecule has 1 heterocycles. The van der Waals surface area contributed by atoms with Crippen molar-refractivity contribution in [3.63, 3.8) is 0 Å². The number of hydrogen-bond donors (Lipinski definition) is 0. The van der Waals surface area contributed by atoms with Gasteiger partial charge in [-0.1, -0.05) is 41.9 Å². The van der Waals surface area contributed by atoms with Crippen molar-refractivity contribution in [3.05, 3.63) is 69.7 Å². The van der Waals surface area contributed by atoms with E-state index in [2.05, 4.69) is 44.2 Å². The summed E-state index contributed by atoms with van der Waals surface area (Å²) in [5.74, 6) is 0.348. The zero-order valence-electron chi connectivity index (χ0n) is 17.2. The topological polar surface area (TPSA) is 17.1 Å². The Kier molecular flexibility index (Phi) is 9.34. The Hall–Kier alpha value is -0.536. The molecule has 2 nitrogen and oxygen atoms in total. The molecule has 0 amide bonds. The number of ketones is 1. The van der Waals surface area contributed by atoms with Gasteiger partial charge in [0.25, 0.3) is 0 Å². The summed E-state index contributed by atoms with van der Waals surface area (Å²) in [5, 5.41) is 0.751. The molecular weight excluding hydrogens is 443 g/mol. The van der Waals surface area contributed by atoms with Crippen LogP contribution in [0.2, 0.25) is 5.02 Å². The van der Waals surface area contributed by atoms with Crippen molar-refractivity contribution in [1.82, 2.24) is 0 Å². The van der Waals surface area contributed by atoms with E-state index in [-0.39, 0.29) is 32.7 Å². The van der Waals surface area contributed by atoms with Crippen LogP contribution in [0.4, 0.5) is 0 Å². The minimum absolute atomic E-state index is 0. The average molecular weight is 474 g/mol. The molecule has 1 fully saturated rings. The molecule has 147 valence electrons. The summed E-state index contributed by atoms with van der Waals surface area (Å²) in [6.07, 6.45) is 5.54. The van der Waals surface area contributed by atoms with E-state index in [4.69, 9.17) is 11.6 Å². The van der Waals surface area contributed by atoms with Gasteiger partial charge < -0.3 is 4.48 Å². The molecule has 0 aromatic heterocycles. The number of carbonyl (C=O) groups excluding carboxylic acids is 1. The second kappa shape index (κ2) is 11.0. The molecule has 1 aliphatic rings. The Bertz CT molecular complexity index is 759. The van der Waals surface area contributed by atoms with Crippen LogP contribution in [-0.2, 0) is 50.5 Å². The van der Waals surface area contributed by atoms with Gasteiger partial charge in [0.05, 0.1) is 13.1 Å². The van der Waals surface area contributed by atoms with Crippen LogP contribution in [0.25, 0.3) is 0 Å². The largest absolute Gasteiger partial charge is 0.314 e. The third-order valence-corrected chi connectivity index (χ3v) is 6.14. The fraction of sp³-hybridized carbons (Fsp3) is 0.458. The molecule has 1 radical (unpaired) electrons. The van der Waals surface area contributed by atoms with Gasteiger partial charge in [-0.3, -0.25) is 4.79 Å². The Morgan fingerprint density at radius 3 is 2.11 bits per heavy atom. The molecule has 4 heteroatoms. The number of likely N-dealkylation sites (tertiary alicyclic amines) is 1. The SMILES string of the molecule is Cc1cc(Cl)cc(C)c1CC(=O)C[N+]1(Cc2ccccc2)CCCCCC1.[Y]. The molecule has 3 rings (SSSR count). The van der Waals surface area contributed by atoms with Gasteiger partial charge in [0, 0.05) is 49.7 Å². The van der Waals surface area contributed by atoms with Crippen LogP contribution in [0.15, 0.2) is 42.5 Å². The van der Waals surface area contributed by atoms with Crippen molar-refractivity contribution in [2.75, 3.05) is 19.6 Å². The van der Waals surface area contributed by atoms with Gasteiger partial charge >= 0.3 is 0 Å². The van der Waals surface area contributed by atoms with Gasteiger partial charge in [-0.2, -0.15) is 0 Å². The molecule has 0 aliphatic carbocycles. The average Bonchev–Trinajstić information content (AvgIpc) is 2.84. The number of Topliss-reactive ketones (excluding diaryl/α,β-unsaturated/α-hetero) is 1. The van der Waals surface area contributed by atoms with Crippen molar-refractivity contribution in [2.45, 2.75) is 52.5 Å². The molecule has 0 unspecified atom stereocenters. The normalized spacial score (nSPS) is 16.1. The molecule has 0 saturated carbocycles. The number of nitrogens with zero attached hydrogens (tertiary/aromatic N) is 1. The molecule has 2 aromatic rings. The summed E-state index contributed by atoms with van der Waals surface area (Å²) in [6, 6.07) is 14.6. The summed E-state index contributed by atoms with van der Waals surface area (Å²) in [7, 11) is 0.